The van der Waals surface area contributed by atoms with Gasteiger partial charge in [-0.15, -0.1) is 0 Å². The number of amides is 1. The molecule has 0 saturated carbocycles. The number of hydrogen-bond acceptors (Lipinski definition) is 6. The Morgan fingerprint density at radius 1 is 1.07 bits per heavy atom. The van der Waals surface area contributed by atoms with E-state index in [2.05, 4.69) is 22.2 Å². The molecule has 1 aromatic heterocycles. The molecule has 1 saturated heterocycles. The van der Waals surface area contributed by atoms with E-state index in [1.54, 1.807) is 26.6 Å². The van der Waals surface area contributed by atoms with Crippen molar-refractivity contribution in [2.45, 2.75) is 6.42 Å². The number of pyridine rings is 1. The number of aromatic nitrogens is 1. The quantitative estimate of drug-likeness (QED) is 0.789. The number of hydrogen-bond donors (Lipinski definition) is 1. The van der Waals surface area contributed by atoms with Crippen molar-refractivity contribution >= 4 is 11.6 Å². The van der Waals surface area contributed by atoms with Crippen LogP contribution in [0.25, 0.3) is 0 Å². The van der Waals surface area contributed by atoms with Gasteiger partial charge in [0.25, 0.3) is 5.91 Å². The summed E-state index contributed by atoms with van der Waals surface area (Å²) in [7, 11) is 5.34. The maximum atomic E-state index is 12.7. The predicted octanol–water partition coefficient (Wildman–Crippen LogP) is 2.14. The second kappa shape index (κ2) is 9.41. The van der Waals surface area contributed by atoms with E-state index in [0.29, 0.717) is 5.56 Å². The summed E-state index contributed by atoms with van der Waals surface area (Å²) < 4.78 is 10.6. The number of nitrogens with one attached hydrogen (secondary N) is 1. The molecule has 150 valence electrons. The van der Waals surface area contributed by atoms with Crippen molar-refractivity contribution in [1.29, 1.82) is 0 Å². The first-order valence-corrected chi connectivity index (χ1v) is 9.48. The van der Waals surface area contributed by atoms with Gasteiger partial charge in [0, 0.05) is 45.1 Å². The monoisotopic (exact) mass is 384 g/mol. The summed E-state index contributed by atoms with van der Waals surface area (Å²) >= 11 is 0. The van der Waals surface area contributed by atoms with Gasteiger partial charge in [0.2, 0.25) is 0 Å². The number of nitrogens with zero attached hydrogens (tertiary/aromatic N) is 3. The summed E-state index contributed by atoms with van der Waals surface area (Å²) in [5.74, 6) is 1.49. The first-order chi connectivity index (χ1) is 13.6. The number of likely N-dealkylation sites (N-methyl/N-ethyl adjacent to an activating group) is 1. The van der Waals surface area contributed by atoms with Gasteiger partial charge in [-0.2, -0.15) is 0 Å². The van der Waals surface area contributed by atoms with Crippen LogP contribution in [0.4, 0.5) is 5.69 Å². The number of ether oxygens (including phenoxy) is 2. The average molecular weight is 384 g/mol. The molecule has 28 heavy (non-hydrogen) atoms. The van der Waals surface area contributed by atoms with Crippen LogP contribution in [0.3, 0.4) is 0 Å². The first kappa shape index (κ1) is 19.9. The van der Waals surface area contributed by atoms with Gasteiger partial charge in [-0.05, 0) is 37.2 Å². The lowest BCUT2D eigenvalue weighted by atomic mass is 10.1. The lowest BCUT2D eigenvalue weighted by Crippen LogP contribution is -2.47. The second-order valence-corrected chi connectivity index (χ2v) is 6.92. The number of rotatable bonds is 7. The minimum Gasteiger partial charge on any atom is -0.493 e. The van der Waals surface area contributed by atoms with Gasteiger partial charge < -0.3 is 24.6 Å². The number of carbonyl (C=O) groups excluding carboxylic acids is 1. The molecule has 2 aromatic rings. The Bertz CT molecular complexity index is 804. The Morgan fingerprint density at radius 3 is 2.54 bits per heavy atom. The fourth-order valence-electron chi connectivity index (χ4n) is 3.23. The fourth-order valence-corrected chi connectivity index (χ4v) is 3.23. The van der Waals surface area contributed by atoms with E-state index >= 15 is 0 Å². The smallest absolute Gasteiger partial charge is 0.255 e. The summed E-state index contributed by atoms with van der Waals surface area (Å²) in [6.45, 7) is 4.05. The zero-order valence-electron chi connectivity index (χ0n) is 16.8. The van der Waals surface area contributed by atoms with Crippen LogP contribution in [-0.2, 0) is 6.42 Å². The highest BCUT2D eigenvalue weighted by Crippen LogP contribution is 2.27. The van der Waals surface area contributed by atoms with Gasteiger partial charge >= 0.3 is 0 Å². The van der Waals surface area contributed by atoms with Crippen molar-refractivity contribution in [3.05, 3.63) is 47.8 Å². The lowest BCUT2D eigenvalue weighted by molar-refractivity contribution is 0.0663. The van der Waals surface area contributed by atoms with E-state index < -0.39 is 0 Å². The standard InChI is InChI=1S/C21H28N4O3/c1-24-8-10-25(11-9-24)21(26)17-13-18(15-22-14-17)23-7-6-16-4-5-19(27-2)20(12-16)28-3/h4-5,12-15,23H,6-11H2,1-3H3. The van der Waals surface area contributed by atoms with Crippen LogP contribution in [0.1, 0.15) is 15.9 Å². The lowest BCUT2D eigenvalue weighted by Gasteiger charge is -2.32. The highest BCUT2D eigenvalue weighted by atomic mass is 16.5. The van der Waals surface area contributed by atoms with E-state index in [1.807, 2.05) is 29.2 Å². The zero-order chi connectivity index (χ0) is 19.9. The van der Waals surface area contributed by atoms with E-state index in [0.717, 1.165) is 61.9 Å². The Balaban J connectivity index is 1.57. The molecule has 2 heterocycles. The van der Waals surface area contributed by atoms with Crippen LogP contribution in [0.2, 0.25) is 0 Å². The third-order valence-electron chi connectivity index (χ3n) is 4.97. The first-order valence-electron chi connectivity index (χ1n) is 9.48. The maximum Gasteiger partial charge on any atom is 0.255 e. The van der Waals surface area contributed by atoms with Gasteiger partial charge in [0.15, 0.2) is 11.5 Å². The van der Waals surface area contributed by atoms with Gasteiger partial charge in [0.05, 0.1) is 25.5 Å². The molecule has 7 nitrogen and oxygen atoms in total. The average Bonchev–Trinajstić information content (AvgIpc) is 2.74. The van der Waals surface area contributed by atoms with Crippen LogP contribution in [0.15, 0.2) is 36.7 Å². The molecular formula is C21H28N4O3. The minimum absolute atomic E-state index is 0.0455. The summed E-state index contributed by atoms with van der Waals surface area (Å²) in [5.41, 5.74) is 2.61. The molecule has 0 unspecified atom stereocenters. The van der Waals surface area contributed by atoms with Gasteiger partial charge in [-0.25, -0.2) is 0 Å². The van der Waals surface area contributed by atoms with Gasteiger partial charge in [-0.1, -0.05) is 6.07 Å². The molecule has 1 amide bonds. The molecule has 0 aliphatic carbocycles. The summed E-state index contributed by atoms with van der Waals surface area (Å²) in [5, 5.41) is 3.35. The largest absolute Gasteiger partial charge is 0.493 e. The molecular weight excluding hydrogens is 356 g/mol. The van der Waals surface area contributed by atoms with Crippen molar-refractivity contribution in [3.63, 3.8) is 0 Å². The van der Waals surface area contributed by atoms with Crippen molar-refractivity contribution in [1.82, 2.24) is 14.8 Å². The van der Waals surface area contributed by atoms with Crippen molar-refractivity contribution in [2.24, 2.45) is 0 Å². The second-order valence-electron chi connectivity index (χ2n) is 6.92. The number of anilines is 1. The number of methoxy groups -OCH3 is 2. The van der Waals surface area contributed by atoms with Gasteiger partial charge in [-0.3, -0.25) is 9.78 Å². The number of carbonyl (C=O) groups is 1. The number of piperazine rings is 1. The Labute approximate surface area is 166 Å². The van der Waals surface area contributed by atoms with Crippen molar-refractivity contribution in [2.75, 3.05) is 59.3 Å². The normalized spacial score (nSPS) is 14.6. The summed E-state index contributed by atoms with van der Waals surface area (Å²) in [4.78, 5) is 21.1. The van der Waals surface area contributed by atoms with E-state index in [-0.39, 0.29) is 5.91 Å². The fraction of sp³-hybridized carbons (Fsp3) is 0.429. The third kappa shape index (κ3) is 4.92. The van der Waals surface area contributed by atoms with Crippen molar-refractivity contribution < 1.29 is 14.3 Å². The Hall–Kier alpha value is -2.80. The molecule has 1 aliphatic heterocycles. The highest BCUT2D eigenvalue weighted by Gasteiger charge is 2.20. The van der Waals surface area contributed by atoms with E-state index in [4.69, 9.17) is 9.47 Å². The topological polar surface area (TPSA) is 66.9 Å². The molecule has 7 heteroatoms. The number of benzene rings is 1. The Kier molecular flexibility index (Phi) is 6.71. The maximum absolute atomic E-state index is 12.7. The van der Waals surface area contributed by atoms with Crippen molar-refractivity contribution in [3.8, 4) is 11.5 Å². The Morgan fingerprint density at radius 2 is 1.82 bits per heavy atom. The molecule has 0 atom stereocenters. The van der Waals surface area contributed by atoms with E-state index in [9.17, 15) is 4.79 Å². The van der Waals surface area contributed by atoms with Crippen LogP contribution in [0.5, 0.6) is 11.5 Å². The molecule has 1 aliphatic rings. The molecule has 1 aromatic carbocycles. The minimum atomic E-state index is 0.0455. The summed E-state index contributed by atoms with van der Waals surface area (Å²) in [6.07, 6.45) is 4.20. The molecule has 0 spiro atoms. The van der Waals surface area contributed by atoms with Crippen LogP contribution < -0.4 is 14.8 Å². The van der Waals surface area contributed by atoms with Crippen LogP contribution in [0, 0.1) is 0 Å². The molecule has 0 radical (unpaired) electrons. The van der Waals surface area contributed by atoms with Crippen LogP contribution in [-0.4, -0.2) is 74.7 Å². The molecule has 1 N–H and O–H groups in total. The molecule has 1 fully saturated rings. The third-order valence-corrected chi connectivity index (χ3v) is 4.97. The van der Waals surface area contributed by atoms with Crippen LogP contribution >= 0.6 is 0 Å². The van der Waals surface area contributed by atoms with E-state index in [1.165, 1.54) is 0 Å². The highest BCUT2D eigenvalue weighted by molar-refractivity contribution is 5.94. The predicted molar refractivity (Wildman–Crippen MR) is 109 cm³/mol. The summed E-state index contributed by atoms with van der Waals surface area (Å²) in [6, 6.07) is 7.79. The molecule has 0 bridgehead atoms. The molecule has 3 rings (SSSR count). The van der Waals surface area contributed by atoms with Gasteiger partial charge in [0.1, 0.15) is 0 Å². The SMILES string of the molecule is COc1ccc(CCNc2cncc(C(=O)N3CCN(C)CC3)c2)cc1OC. The zero-order valence-corrected chi connectivity index (χ0v) is 16.8.